The predicted molar refractivity (Wildman–Crippen MR) is 54.6 cm³/mol. The third-order valence-electron chi connectivity index (χ3n) is 1.80. The second-order valence-electron chi connectivity index (χ2n) is 3.20. The van der Waals surface area contributed by atoms with Crippen LogP contribution in [0.25, 0.3) is 0 Å². The molecule has 0 saturated heterocycles. The normalized spacial score (nSPS) is 12.4. The van der Waals surface area contributed by atoms with E-state index in [4.69, 9.17) is 15.6 Å². The molecule has 15 heavy (non-hydrogen) atoms. The highest BCUT2D eigenvalue weighted by Gasteiger charge is 2.02. The van der Waals surface area contributed by atoms with Gasteiger partial charge in [0.1, 0.15) is 6.17 Å². The molecule has 0 aromatic rings. The zero-order chi connectivity index (χ0) is 11.5. The van der Waals surface area contributed by atoms with Crippen LogP contribution in [0.3, 0.4) is 0 Å². The van der Waals surface area contributed by atoms with E-state index in [1.807, 2.05) is 0 Å². The Hall–Kier alpha value is -0.880. The quantitative estimate of drug-likeness (QED) is 0.502. The molecule has 0 aliphatic heterocycles. The van der Waals surface area contributed by atoms with E-state index in [2.05, 4.69) is 5.32 Å². The smallest absolute Gasteiger partial charge is 0.404 e. The van der Waals surface area contributed by atoms with Crippen molar-refractivity contribution in [1.82, 2.24) is 5.32 Å². The number of halogens is 1. The Morgan fingerprint density at radius 2 is 2.20 bits per heavy atom. The van der Waals surface area contributed by atoms with E-state index in [1.54, 1.807) is 0 Å². The lowest BCUT2D eigenvalue weighted by atomic mass is 10.2. The Balaban J connectivity index is 3.02. The number of amides is 1. The van der Waals surface area contributed by atoms with Gasteiger partial charge in [-0.1, -0.05) is 0 Å². The van der Waals surface area contributed by atoms with Gasteiger partial charge in [-0.2, -0.15) is 0 Å². The van der Waals surface area contributed by atoms with Crippen molar-refractivity contribution < 1.29 is 19.0 Å². The fourth-order valence-electron chi connectivity index (χ4n) is 0.980. The number of ether oxygens (including phenoxy) is 1. The molecule has 1 unspecified atom stereocenters. The first-order valence-electron chi connectivity index (χ1n) is 5.05. The molecule has 0 fully saturated rings. The van der Waals surface area contributed by atoms with Crippen LogP contribution in [0.4, 0.5) is 9.18 Å². The molecule has 0 bridgehead atoms. The molecule has 0 aromatic heterocycles. The van der Waals surface area contributed by atoms with E-state index in [9.17, 15) is 9.18 Å². The van der Waals surface area contributed by atoms with Crippen LogP contribution in [0.2, 0.25) is 0 Å². The van der Waals surface area contributed by atoms with Crippen molar-refractivity contribution in [3.63, 3.8) is 0 Å². The van der Waals surface area contributed by atoms with Crippen LogP contribution in [-0.2, 0) is 4.74 Å². The van der Waals surface area contributed by atoms with Crippen LogP contribution in [0.5, 0.6) is 0 Å². The van der Waals surface area contributed by atoms with Gasteiger partial charge in [-0.15, -0.1) is 0 Å². The molecular formula is C9H19FN2O3. The monoisotopic (exact) mass is 222 g/mol. The highest BCUT2D eigenvalue weighted by atomic mass is 19.1. The van der Waals surface area contributed by atoms with E-state index in [0.29, 0.717) is 13.2 Å². The van der Waals surface area contributed by atoms with Gasteiger partial charge in [-0.25, -0.2) is 9.18 Å². The largest absolute Gasteiger partial charge is 0.465 e. The van der Waals surface area contributed by atoms with Gasteiger partial charge in [0.15, 0.2) is 0 Å². The van der Waals surface area contributed by atoms with Gasteiger partial charge in [0.2, 0.25) is 0 Å². The second kappa shape index (κ2) is 9.67. The minimum Gasteiger partial charge on any atom is -0.465 e. The van der Waals surface area contributed by atoms with Crippen molar-refractivity contribution in [2.75, 3.05) is 26.3 Å². The standard InChI is InChI=1S/C9H19FN2O3/c10-8(6-11)7-15-5-3-1-2-4-12-9(13)14/h8,12H,1-7,11H2,(H,13,14). The van der Waals surface area contributed by atoms with E-state index in [-0.39, 0.29) is 13.2 Å². The summed E-state index contributed by atoms with van der Waals surface area (Å²) in [4.78, 5) is 10.1. The van der Waals surface area contributed by atoms with Crippen molar-refractivity contribution in [2.45, 2.75) is 25.4 Å². The molecule has 0 rings (SSSR count). The zero-order valence-corrected chi connectivity index (χ0v) is 8.75. The third kappa shape index (κ3) is 11.0. The average Bonchev–Trinajstić information content (AvgIpc) is 2.21. The maximum absolute atomic E-state index is 12.5. The fraction of sp³-hybridized carbons (Fsp3) is 0.889. The summed E-state index contributed by atoms with van der Waals surface area (Å²) < 4.78 is 17.5. The van der Waals surface area contributed by atoms with Crippen molar-refractivity contribution >= 4 is 6.09 Å². The Morgan fingerprint density at radius 1 is 1.47 bits per heavy atom. The first-order chi connectivity index (χ1) is 7.16. The fourth-order valence-corrected chi connectivity index (χ4v) is 0.980. The lowest BCUT2D eigenvalue weighted by Gasteiger charge is -2.06. The highest BCUT2D eigenvalue weighted by Crippen LogP contribution is 1.96. The van der Waals surface area contributed by atoms with Crippen molar-refractivity contribution in [3.05, 3.63) is 0 Å². The first-order valence-corrected chi connectivity index (χ1v) is 5.05. The molecule has 5 nitrogen and oxygen atoms in total. The molecule has 0 aliphatic rings. The number of nitrogens with two attached hydrogens (primary N) is 1. The summed E-state index contributed by atoms with van der Waals surface area (Å²) in [6, 6.07) is 0. The maximum atomic E-state index is 12.5. The van der Waals surface area contributed by atoms with E-state index in [1.165, 1.54) is 0 Å². The SMILES string of the molecule is NCC(F)COCCCCCNC(=O)O. The second-order valence-corrected chi connectivity index (χ2v) is 3.20. The number of carbonyl (C=O) groups is 1. The van der Waals surface area contributed by atoms with Crippen LogP contribution in [0.1, 0.15) is 19.3 Å². The molecule has 4 N–H and O–H groups in total. The van der Waals surface area contributed by atoms with Crippen molar-refractivity contribution in [3.8, 4) is 0 Å². The molecule has 0 spiro atoms. The number of nitrogens with one attached hydrogen (secondary N) is 1. The molecule has 1 amide bonds. The van der Waals surface area contributed by atoms with Crippen molar-refractivity contribution in [2.24, 2.45) is 5.73 Å². The molecule has 0 saturated carbocycles. The zero-order valence-electron chi connectivity index (χ0n) is 8.75. The number of rotatable bonds is 9. The summed E-state index contributed by atoms with van der Waals surface area (Å²) in [6.45, 7) is 0.976. The lowest BCUT2D eigenvalue weighted by Crippen LogP contribution is -2.22. The van der Waals surface area contributed by atoms with Crippen LogP contribution in [0, 0.1) is 0 Å². The van der Waals surface area contributed by atoms with Crippen LogP contribution < -0.4 is 11.1 Å². The number of alkyl halides is 1. The van der Waals surface area contributed by atoms with Gasteiger partial charge in [0.25, 0.3) is 0 Å². The van der Waals surface area contributed by atoms with Gasteiger partial charge in [-0.3, -0.25) is 0 Å². The molecular weight excluding hydrogens is 203 g/mol. The Labute approximate surface area is 88.8 Å². The summed E-state index contributed by atoms with van der Waals surface area (Å²) >= 11 is 0. The minimum absolute atomic E-state index is 0.0114. The van der Waals surface area contributed by atoms with E-state index in [0.717, 1.165) is 19.3 Å². The van der Waals surface area contributed by atoms with E-state index >= 15 is 0 Å². The predicted octanol–water partition coefficient (Wildman–Crippen LogP) is 0.738. The topological polar surface area (TPSA) is 84.6 Å². The molecule has 6 heteroatoms. The van der Waals surface area contributed by atoms with Gasteiger partial charge in [0.05, 0.1) is 6.61 Å². The van der Waals surface area contributed by atoms with Gasteiger partial charge in [0, 0.05) is 19.7 Å². The molecule has 0 aromatic carbocycles. The Morgan fingerprint density at radius 3 is 2.80 bits per heavy atom. The molecule has 0 aliphatic carbocycles. The van der Waals surface area contributed by atoms with E-state index < -0.39 is 12.3 Å². The van der Waals surface area contributed by atoms with Crippen LogP contribution >= 0.6 is 0 Å². The summed E-state index contributed by atoms with van der Waals surface area (Å²) in [5.41, 5.74) is 5.06. The summed E-state index contributed by atoms with van der Waals surface area (Å²) in [5.74, 6) is 0. The van der Waals surface area contributed by atoms with Gasteiger partial charge in [-0.05, 0) is 19.3 Å². The molecule has 0 radical (unpaired) electrons. The highest BCUT2D eigenvalue weighted by molar-refractivity contribution is 5.64. The van der Waals surface area contributed by atoms with Crippen LogP contribution in [-0.4, -0.2) is 43.7 Å². The number of unbranched alkanes of at least 4 members (excludes halogenated alkanes) is 2. The maximum Gasteiger partial charge on any atom is 0.404 e. The third-order valence-corrected chi connectivity index (χ3v) is 1.80. The van der Waals surface area contributed by atoms with Crippen molar-refractivity contribution in [1.29, 1.82) is 0 Å². The summed E-state index contributed by atoms with van der Waals surface area (Å²) in [6.07, 6.45) is 0.345. The van der Waals surface area contributed by atoms with Gasteiger partial charge >= 0.3 is 6.09 Å². The average molecular weight is 222 g/mol. The number of carboxylic acid groups (broad SMARTS) is 1. The Bertz CT molecular complexity index is 169. The first kappa shape index (κ1) is 14.1. The summed E-state index contributed by atoms with van der Waals surface area (Å²) in [5, 5.41) is 10.5. The Kier molecular flexibility index (Phi) is 9.10. The molecule has 1 atom stereocenters. The minimum atomic E-state index is -1.08. The molecule has 90 valence electrons. The molecule has 0 heterocycles. The number of hydrogen-bond donors (Lipinski definition) is 3. The van der Waals surface area contributed by atoms with Gasteiger partial charge < -0.3 is 20.9 Å². The lowest BCUT2D eigenvalue weighted by molar-refractivity contribution is 0.0811. The van der Waals surface area contributed by atoms with Crippen LogP contribution in [0.15, 0.2) is 0 Å². The summed E-state index contributed by atoms with van der Waals surface area (Å²) in [7, 11) is 0. The number of hydrogen-bond acceptors (Lipinski definition) is 3.